The van der Waals surface area contributed by atoms with Crippen LogP contribution in [0, 0.1) is 13.8 Å². The van der Waals surface area contributed by atoms with Crippen molar-refractivity contribution in [2.45, 2.75) is 26.4 Å². The molecule has 2 N–H and O–H groups in total. The minimum Gasteiger partial charge on any atom is -0.330 e. The van der Waals surface area contributed by atoms with Crippen molar-refractivity contribution in [3.8, 4) is 5.69 Å². The van der Waals surface area contributed by atoms with Gasteiger partial charge in [-0.05, 0) is 44.5 Å². The van der Waals surface area contributed by atoms with Gasteiger partial charge in [0.25, 0.3) is 0 Å². The Morgan fingerprint density at radius 3 is 2.43 bits per heavy atom. The number of rotatable bonds is 3. The van der Waals surface area contributed by atoms with Crippen LogP contribution in [0.4, 0.5) is 13.2 Å². The highest BCUT2D eigenvalue weighted by molar-refractivity contribution is 6.31. The van der Waals surface area contributed by atoms with Crippen molar-refractivity contribution in [1.29, 1.82) is 0 Å². The zero-order valence-corrected chi connectivity index (χ0v) is 12.4. The highest BCUT2D eigenvalue weighted by atomic mass is 35.5. The van der Waals surface area contributed by atoms with Gasteiger partial charge in [-0.15, -0.1) is 0 Å². The monoisotopic (exact) mass is 317 g/mol. The smallest absolute Gasteiger partial charge is 0.330 e. The van der Waals surface area contributed by atoms with Crippen LogP contribution in [-0.4, -0.2) is 16.3 Å². The Kier molecular flexibility index (Phi) is 4.30. The summed E-state index contributed by atoms with van der Waals surface area (Å²) in [5.74, 6) is 0. The van der Waals surface area contributed by atoms with Gasteiger partial charge in [0.05, 0.1) is 27.7 Å². The number of aryl methyl sites for hydroxylation is 1. The van der Waals surface area contributed by atoms with E-state index in [0.29, 0.717) is 22.1 Å². The third kappa shape index (κ3) is 3.06. The summed E-state index contributed by atoms with van der Waals surface area (Å²) in [6.45, 7) is 3.58. The molecule has 0 spiro atoms. The maximum absolute atomic E-state index is 13.2. The zero-order chi connectivity index (χ0) is 15.8. The van der Waals surface area contributed by atoms with Gasteiger partial charge in [-0.2, -0.15) is 18.3 Å². The van der Waals surface area contributed by atoms with Crippen LogP contribution in [0.5, 0.6) is 0 Å². The molecule has 0 aliphatic rings. The molecule has 3 nitrogen and oxygen atoms in total. The normalized spacial score (nSPS) is 12.0. The lowest BCUT2D eigenvalue weighted by Crippen LogP contribution is -2.14. The molecule has 0 amide bonds. The van der Waals surface area contributed by atoms with Gasteiger partial charge in [0.15, 0.2) is 0 Å². The standard InChI is InChI=1S/C14H15ClF3N3/c1-8-13(15)9(2)21(20-8)11-4-3-10(5-6-19)12(7-11)14(16,17)18/h3-4,7H,5-6,19H2,1-2H3. The van der Waals surface area contributed by atoms with Crippen molar-refractivity contribution in [3.05, 3.63) is 45.7 Å². The van der Waals surface area contributed by atoms with Crippen LogP contribution in [0.15, 0.2) is 18.2 Å². The average molecular weight is 318 g/mol. The minimum absolute atomic E-state index is 0.161. The summed E-state index contributed by atoms with van der Waals surface area (Å²) in [4.78, 5) is 0. The first-order chi connectivity index (χ1) is 9.75. The van der Waals surface area contributed by atoms with E-state index in [2.05, 4.69) is 5.10 Å². The summed E-state index contributed by atoms with van der Waals surface area (Å²) >= 11 is 6.04. The topological polar surface area (TPSA) is 43.8 Å². The lowest BCUT2D eigenvalue weighted by Gasteiger charge is -2.14. The summed E-state index contributed by atoms with van der Waals surface area (Å²) in [5.41, 5.74) is 6.37. The molecular formula is C14H15ClF3N3. The SMILES string of the molecule is Cc1nn(-c2ccc(CCN)c(C(F)(F)F)c2)c(C)c1Cl. The van der Waals surface area contributed by atoms with Crippen molar-refractivity contribution in [3.63, 3.8) is 0 Å². The quantitative estimate of drug-likeness (QED) is 0.939. The molecule has 1 heterocycles. The van der Waals surface area contributed by atoms with E-state index in [1.165, 1.54) is 10.7 Å². The van der Waals surface area contributed by atoms with E-state index < -0.39 is 11.7 Å². The van der Waals surface area contributed by atoms with Gasteiger partial charge in [-0.1, -0.05) is 17.7 Å². The van der Waals surface area contributed by atoms with E-state index in [0.717, 1.165) is 6.07 Å². The lowest BCUT2D eigenvalue weighted by molar-refractivity contribution is -0.138. The highest BCUT2D eigenvalue weighted by Gasteiger charge is 2.33. The molecule has 1 aromatic heterocycles. The molecule has 0 atom stereocenters. The Hall–Kier alpha value is -1.53. The van der Waals surface area contributed by atoms with Crippen LogP contribution >= 0.6 is 11.6 Å². The minimum atomic E-state index is -4.43. The second-order valence-corrected chi connectivity index (χ2v) is 5.15. The first-order valence-corrected chi connectivity index (χ1v) is 6.75. The molecule has 7 heteroatoms. The molecule has 0 radical (unpaired) electrons. The Labute approximate surface area is 125 Å². The van der Waals surface area contributed by atoms with E-state index in [4.69, 9.17) is 17.3 Å². The Morgan fingerprint density at radius 1 is 1.29 bits per heavy atom. The van der Waals surface area contributed by atoms with Crippen LogP contribution in [0.2, 0.25) is 5.02 Å². The molecule has 0 aliphatic carbocycles. The molecule has 114 valence electrons. The maximum atomic E-state index is 13.2. The van der Waals surface area contributed by atoms with Crippen LogP contribution < -0.4 is 5.73 Å². The summed E-state index contributed by atoms with van der Waals surface area (Å²) in [5, 5.41) is 4.62. The molecule has 0 unspecified atom stereocenters. The number of hydrogen-bond donors (Lipinski definition) is 1. The van der Waals surface area contributed by atoms with Crippen molar-refractivity contribution in [2.24, 2.45) is 5.73 Å². The fourth-order valence-corrected chi connectivity index (χ4v) is 2.33. The summed E-state index contributed by atoms with van der Waals surface area (Å²) in [6.07, 6.45) is -4.26. The molecule has 21 heavy (non-hydrogen) atoms. The van der Waals surface area contributed by atoms with Crippen LogP contribution in [-0.2, 0) is 12.6 Å². The highest BCUT2D eigenvalue weighted by Crippen LogP contribution is 2.34. The second-order valence-electron chi connectivity index (χ2n) is 4.77. The third-order valence-electron chi connectivity index (χ3n) is 3.26. The lowest BCUT2D eigenvalue weighted by atomic mass is 10.0. The fourth-order valence-electron chi connectivity index (χ4n) is 2.21. The second kappa shape index (κ2) is 5.69. The van der Waals surface area contributed by atoms with Gasteiger partial charge in [0.2, 0.25) is 0 Å². The Morgan fingerprint density at radius 2 is 1.95 bits per heavy atom. The number of hydrogen-bond acceptors (Lipinski definition) is 2. The van der Waals surface area contributed by atoms with Gasteiger partial charge in [0, 0.05) is 0 Å². The molecule has 0 bridgehead atoms. The van der Waals surface area contributed by atoms with E-state index in [9.17, 15) is 13.2 Å². The first-order valence-electron chi connectivity index (χ1n) is 6.38. The van der Waals surface area contributed by atoms with E-state index >= 15 is 0 Å². The van der Waals surface area contributed by atoms with E-state index in [-0.39, 0.29) is 18.5 Å². The van der Waals surface area contributed by atoms with E-state index in [1.807, 2.05) is 0 Å². The molecule has 0 fully saturated rings. The average Bonchev–Trinajstić information content (AvgIpc) is 2.66. The Bertz CT molecular complexity index is 662. The number of benzene rings is 1. The number of halogens is 4. The molecule has 0 saturated carbocycles. The number of alkyl halides is 3. The predicted molar refractivity (Wildman–Crippen MR) is 75.8 cm³/mol. The largest absolute Gasteiger partial charge is 0.416 e. The summed E-state index contributed by atoms with van der Waals surface area (Å²) in [6, 6.07) is 4.12. The molecule has 0 saturated heterocycles. The Balaban J connectivity index is 2.59. The third-order valence-corrected chi connectivity index (χ3v) is 3.81. The number of nitrogens with two attached hydrogens (primary N) is 1. The van der Waals surface area contributed by atoms with Gasteiger partial charge in [0.1, 0.15) is 0 Å². The molecule has 2 aromatic rings. The van der Waals surface area contributed by atoms with Gasteiger partial charge in [-0.25, -0.2) is 4.68 Å². The maximum Gasteiger partial charge on any atom is 0.416 e. The number of nitrogens with zero attached hydrogens (tertiary/aromatic N) is 2. The summed E-state index contributed by atoms with van der Waals surface area (Å²) < 4.78 is 40.9. The number of aromatic nitrogens is 2. The first kappa shape index (κ1) is 15.9. The predicted octanol–water partition coefficient (Wildman–Crippen LogP) is 3.66. The van der Waals surface area contributed by atoms with Crippen molar-refractivity contribution >= 4 is 11.6 Å². The summed E-state index contributed by atoms with van der Waals surface area (Å²) in [7, 11) is 0. The van der Waals surface area contributed by atoms with E-state index in [1.54, 1.807) is 19.9 Å². The zero-order valence-electron chi connectivity index (χ0n) is 11.6. The fraction of sp³-hybridized carbons (Fsp3) is 0.357. The van der Waals surface area contributed by atoms with Crippen LogP contribution in [0.3, 0.4) is 0 Å². The van der Waals surface area contributed by atoms with Crippen molar-refractivity contribution < 1.29 is 13.2 Å². The van der Waals surface area contributed by atoms with Crippen LogP contribution in [0.1, 0.15) is 22.5 Å². The van der Waals surface area contributed by atoms with Crippen molar-refractivity contribution in [1.82, 2.24) is 9.78 Å². The molecule has 2 rings (SSSR count). The van der Waals surface area contributed by atoms with Crippen molar-refractivity contribution in [2.75, 3.05) is 6.54 Å². The molecule has 1 aromatic carbocycles. The molecular weight excluding hydrogens is 303 g/mol. The molecule has 0 aliphatic heterocycles. The van der Waals surface area contributed by atoms with Gasteiger partial charge < -0.3 is 5.73 Å². The van der Waals surface area contributed by atoms with Gasteiger partial charge >= 0.3 is 6.18 Å². The van der Waals surface area contributed by atoms with Gasteiger partial charge in [-0.3, -0.25) is 0 Å². The van der Waals surface area contributed by atoms with Crippen LogP contribution in [0.25, 0.3) is 5.69 Å².